The lowest BCUT2D eigenvalue weighted by Crippen LogP contribution is -2.56. The number of carboxylic acid groups (broad SMARTS) is 1. The second kappa shape index (κ2) is 5.89. The van der Waals surface area contributed by atoms with Crippen LogP contribution in [0, 0.1) is 0 Å². The molecule has 112 valence electrons. The molecule has 0 bridgehead atoms. The van der Waals surface area contributed by atoms with Gasteiger partial charge >= 0.3 is 12.0 Å². The summed E-state index contributed by atoms with van der Waals surface area (Å²) in [4.78, 5) is 48.3. The van der Waals surface area contributed by atoms with E-state index in [0.29, 0.717) is 0 Å². The molecule has 0 saturated carbocycles. The van der Waals surface area contributed by atoms with Gasteiger partial charge in [-0.05, 0) is 12.8 Å². The van der Waals surface area contributed by atoms with Crippen molar-refractivity contribution in [3.63, 3.8) is 0 Å². The second-order valence-corrected chi connectivity index (χ2v) is 4.76. The van der Waals surface area contributed by atoms with Gasteiger partial charge in [-0.1, -0.05) is 13.8 Å². The summed E-state index contributed by atoms with van der Waals surface area (Å²) in [5.74, 6) is -2.26. The number of imide groups is 1. The summed E-state index contributed by atoms with van der Waals surface area (Å²) in [5.41, 5.74) is -1.37. The maximum atomic E-state index is 11.9. The van der Waals surface area contributed by atoms with E-state index >= 15 is 0 Å². The highest BCUT2D eigenvalue weighted by molar-refractivity contribution is 6.04. The molecule has 1 aliphatic heterocycles. The highest BCUT2D eigenvalue weighted by Gasteiger charge is 2.39. The molecule has 0 aromatic rings. The highest BCUT2D eigenvalue weighted by atomic mass is 16.4. The van der Waals surface area contributed by atoms with Crippen LogP contribution in [0.4, 0.5) is 4.79 Å². The molecule has 1 fully saturated rings. The van der Waals surface area contributed by atoms with Crippen molar-refractivity contribution in [1.29, 1.82) is 0 Å². The van der Waals surface area contributed by atoms with Gasteiger partial charge in [-0.15, -0.1) is 0 Å². The smallest absolute Gasteiger partial charge is 0.329 e. The Bertz CT molecular complexity index is 444. The lowest BCUT2D eigenvalue weighted by atomic mass is 9.93. The van der Waals surface area contributed by atoms with E-state index in [-0.39, 0.29) is 19.4 Å². The maximum absolute atomic E-state index is 11.9. The summed E-state index contributed by atoms with van der Waals surface area (Å²) in [5, 5.41) is 11.6. The molecule has 0 aliphatic carbocycles. The van der Waals surface area contributed by atoms with Gasteiger partial charge in [0.25, 0.3) is 5.91 Å². The zero-order valence-corrected chi connectivity index (χ0v) is 11.8. The van der Waals surface area contributed by atoms with Crippen molar-refractivity contribution >= 4 is 23.8 Å². The van der Waals surface area contributed by atoms with E-state index in [1.807, 2.05) is 0 Å². The average molecular weight is 285 g/mol. The zero-order chi connectivity index (χ0) is 15.5. The fourth-order valence-corrected chi connectivity index (χ4v) is 2.06. The molecular formula is C12H19N3O5. The van der Waals surface area contributed by atoms with E-state index in [1.165, 1.54) is 11.9 Å². The number of carbonyl (C=O) groups is 4. The number of amides is 4. The molecule has 0 aromatic carbocycles. The first-order valence-electron chi connectivity index (χ1n) is 6.37. The predicted molar refractivity (Wildman–Crippen MR) is 68.8 cm³/mol. The Morgan fingerprint density at radius 3 is 2.20 bits per heavy atom. The number of nitrogens with one attached hydrogen (secondary N) is 1. The van der Waals surface area contributed by atoms with Crippen LogP contribution in [-0.4, -0.2) is 64.4 Å². The minimum atomic E-state index is -1.37. The molecule has 1 aliphatic rings. The number of hydrogen-bond acceptors (Lipinski definition) is 4. The van der Waals surface area contributed by atoms with Gasteiger partial charge in [0.2, 0.25) is 5.91 Å². The van der Waals surface area contributed by atoms with Crippen molar-refractivity contribution < 1.29 is 24.3 Å². The monoisotopic (exact) mass is 285 g/mol. The van der Waals surface area contributed by atoms with Gasteiger partial charge in [0.15, 0.2) is 0 Å². The van der Waals surface area contributed by atoms with E-state index < -0.39 is 35.9 Å². The van der Waals surface area contributed by atoms with E-state index in [9.17, 15) is 24.3 Å². The van der Waals surface area contributed by atoms with E-state index in [0.717, 1.165) is 4.90 Å². The molecule has 0 radical (unpaired) electrons. The van der Waals surface area contributed by atoms with Crippen molar-refractivity contribution in [2.24, 2.45) is 0 Å². The van der Waals surface area contributed by atoms with Gasteiger partial charge < -0.3 is 15.3 Å². The summed E-state index contributed by atoms with van der Waals surface area (Å²) in [7, 11) is 1.46. The Balaban J connectivity index is 2.75. The van der Waals surface area contributed by atoms with Crippen LogP contribution in [0.5, 0.6) is 0 Å². The topological polar surface area (TPSA) is 107 Å². The van der Waals surface area contributed by atoms with Gasteiger partial charge in [-0.3, -0.25) is 14.5 Å². The summed E-state index contributed by atoms with van der Waals surface area (Å²) in [6.07, 6.45) is 0.429. The van der Waals surface area contributed by atoms with Crippen molar-refractivity contribution in [3.05, 3.63) is 0 Å². The third-order valence-electron chi connectivity index (χ3n) is 3.53. The van der Waals surface area contributed by atoms with Gasteiger partial charge in [0.05, 0.1) is 0 Å². The fraction of sp³-hybridized carbons (Fsp3) is 0.667. The van der Waals surface area contributed by atoms with Gasteiger partial charge in [0.1, 0.15) is 18.6 Å². The van der Waals surface area contributed by atoms with Crippen LogP contribution < -0.4 is 5.32 Å². The van der Waals surface area contributed by atoms with Gasteiger partial charge in [-0.25, -0.2) is 9.59 Å². The standard InChI is InChI=1S/C12H19N3O5/c1-4-12(5-2,10(18)19)13-8(16)6-15-9(17)7-14(3)11(15)20/h4-7H2,1-3H3,(H,13,16)(H,18,19). The zero-order valence-electron chi connectivity index (χ0n) is 11.8. The number of nitrogens with zero attached hydrogens (tertiary/aromatic N) is 2. The third-order valence-corrected chi connectivity index (χ3v) is 3.53. The largest absolute Gasteiger partial charge is 0.480 e. The quantitative estimate of drug-likeness (QED) is 0.648. The SMILES string of the molecule is CCC(CC)(NC(=O)CN1C(=O)CN(C)C1=O)C(=O)O. The number of urea groups is 1. The lowest BCUT2D eigenvalue weighted by molar-refractivity contribution is -0.148. The maximum Gasteiger partial charge on any atom is 0.329 e. The Labute approximate surface area is 116 Å². The molecule has 8 nitrogen and oxygen atoms in total. The number of carbonyl (C=O) groups excluding carboxylic acids is 3. The molecule has 1 rings (SSSR count). The van der Waals surface area contributed by atoms with Crippen LogP contribution in [0.25, 0.3) is 0 Å². The van der Waals surface area contributed by atoms with E-state index in [4.69, 9.17) is 0 Å². The summed E-state index contributed by atoms with van der Waals surface area (Å²) < 4.78 is 0. The van der Waals surface area contributed by atoms with E-state index in [2.05, 4.69) is 5.32 Å². The summed E-state index contributed by atoms with van der Waals surface area (Å²) in [6, 6.07) is -0.556. The number of likely N-dealkylation sites (N-methyl/N-ethyl adjacent to an activating group) is 1. The highest BCUT2D eigenvalue weighted by Crippen LogP contribution is 2.16. The van der Waals surface area contributed by atoms with Gasteiger partial charge in [-0.2, -0.15) is 0 Å². The molecule has 2 N–H and O–H groups in total. The molecule has 4 amide bonds. The minimum absolute atomic E-state index is 0.0717. The summed E-state index contributed by atoms with van der Waals surface area (Å²) in [6.45, 7) is 2.77. The molecule has 1 saturated heterocycles. The first kappa shape index (κ1) is 15.9. The molecule has 0 unspecified atom stereocenters. The normalized spacial score (nSPS) is 15.8. The minimum Gasteiger partial charge on any atom is -0.480 e. The Hall–Kier alpha value is -2.12. The van der Waals surface area contributed by atoms with Crippen LogP contribution in [0.1, 0.15) is 26.7 Å². The summed E-state index contributed by atoms with van der Waals surface area (Å²) >= 11 is 0. The van der Waals surface area contributed by atoms with Crippen LogP contribution in [0.15, 0.2) is 0 Å². The molecule has 0 aromatic heterocycles. The molecule has 20 heavy (non-hydrogen) atoms. The first-order chi connectivity index (χ1) is 9.27. The Kier molecular flexibility index (Phi) is 4.69. The Morgan fingerprint density at radius 2 is 1.85 bits per heavy atom. The number of hydrogen-bond donors (Lipinski definition) is 2. The molecule has 0 atom stereocenters. The lowest BCUT2D eigenvalue weighted by Gasteiger charge is -2.28. The molecule has 8 heteroatoms. The van der Waals surface area contributed by atoms with Crippen LogP contribution in [-0.2, 0) is 14.4 Å². The fourth-order valence-electron chi connectivity index (χ4n) is 2.06. The molecule has 0 spiro atoms. The third kappa shape index (κ3) is 2.89. The van der Waals surface area contributed by atoms with Gasteiger partial charge in [0, 0.05) is 7.05 Å². The number of aliphatic carboxylic acids is 1. The second-order valence-electron chi connectivity index (χ2n) is 4.76. The van der Waals surface area contributed by atoms with Crippen molar-refractivity contribution in [1.82, 2.24) is 15.1 Å². The van der Waals surface area contributed by atoms with Crippen molar-refractivity contribution in [2.45, 2.75) is 32.2 Å². The van der Waals surface area contributed by atoms with Crippen LogP contribution in [0.2, 0.25) is 0 Å². The first-order valence-corrected chi connectivity index (χ1v) is 6.37. The van der Waals surface area contributed by atoms with Crippen molar-refractivity contribution in [2.75, 3.05) is 20.1 Å². The number of carboxylic acids is 1. The predicted octanol–water partition coefficient (Wildman–Crippen LogP) is -0.360. The number of rotatable bonds is 6. The van der Waals surface area contributed by atoms with Crippen LogP contribution >= 0.6 is 0 Å². The molecule has 1 heterocycles. The van der Waals surface area contributed by atoms with Crippen molar-refractivity contribution in [3.8, 4) is 0 Å². The van der Waals surface area contributed by atoms with E-state index in [1.54, 1.807) is 13.8 Å². The Morgan fingerprint density at radius 1 is 1.30 bits per heavy atom. The molecular weight excluding hydrogens is 266 g/mol. The average Bonchev–Trinajstić information content (AvgIpc) is 2.62. The van der Waals surface area contributed by atoms with Crippen LogP contribution in [0.3, 0.4) is 0 Å².